The maximum Gasteiger partial charge on any atom is 0.272 e. The van der Waals surface area contributed by atoms with Gasteiger partial charge in [0.2, 0.25) is 5.78 Å². The summed E-state index contributed by atoms with van der Waals surface area (Å²) in [4.78, 5) is 25.7. The highest BCUT2D eigenvalue weighted by molar-refractivity contribution is 5.92. The maximum absolute atomic E-state index is 12.6. The number of aromatic nitrogens is 5. The van der Waals surface area contributed by atoms with Crippen LogP contribution in [0.3, 0.4) is 0 Å². The quantitative estimate of drug-likeness (QED) is 0.744. The van der Waals surface area contributed by atoms with Crippen LogP contribution in [0.4, 0.5) is 0 Å². The number of fused-ring (bicyclic) bond motifs is 2. The fraction of sp³-hybridized carbons (Fsp3) is 0.375. The summed E-state index contributed by atoms with van der Waals surface area (Å²) >= 11 is 0. The third-order valence-corrected chi connectivity index (χ3v) is 4.23. The van der Waals surface area contributed by atoms with E-state index in [1.54, 1.807) is 6.20 Å². The average Bonchev–Trinajstić information content (AvgIpc) is 3.23. The van der Waals surface area contributed by atoms with Gasteiger partial charge in [0, 0.05) is 37.9 Å². The van der Waals surface area contributed by atoms with Crippen LogP contribution < -0.4 is 10.6 Å². The summed E-state index contributed by atoms with van der Waals surface area (Å²) in [5.74, 6) is 1.36. The van der Waals surface area contributed by atoms with E-state index >= 15 is 0 Å². The molecule has 0 aliphatic carbocycles. The summed E-state index contributed by atoms with van der Waals surface area (Å²) in [6, 6.07) is 1.68. The summed E-state index contributed by atoms with van der Waals surface area (Å²) in [6.45, 7) is 4.45. The van der Waals surface area contributed by atoms with Gasteiger partial charge in [-0.15, -0.1) is 0 Å². The first-order chi connectivity index (χ1) is 11.7. The molecule has 4 heterocycles. The zero-order valence-corrected chi connectivity index (χ0v) is 13.4. The third-order valence-electron chi connectivity index (χ3n) is 4.23. The lowest BCUT2D eigenvalue weighted by atomic mass is 10.1. The molecule has 0 fully saturated rings. The van der Waals surface area contributed by atoms with Gasteiger partial charge < -0.3 is 15.2 Å². The van der Waals surface area contributed by atoms with Gasteiger partial charge in [-0.3, -0.25) is 9.20 Å². The smallest absolute Gasteiger partial charge is 0.272 e. The Morgan fingerprint density at radius 1 is 1.42 bits per heavy atom. The molecular weight excluding hydrogens is 306 g/mol. The molecule has 1 amide bonds. The zero-order chi connectivity index (χ0) is 16.5. The molecule has 0 saturated heterocycles. The van der Waals surface area contributed by atoms with Crippen LogP contribution in [0.15, 0.2) is 30.9 Å². The van der Waals surface area contributed by atoms with Crippen LogP contribution in [0.1, 0.15) is 41.4 Å². The van der Waals surface area contributed by atoms with E-state index in [4.69, 9.17) is 0 Å². The normalized spacial score (nSPS) is 15.2. The van der Waals surface area contributed by atoms with Crippen LogP contribution in [-0.4, -0.2) is 36.4 Å². The van der Waals surface area contributed by atoms with Crippen molar-refractivity contribution < 1.29 is 4.79 Å². The third kappa shape index (κ3) is 2.65. The predicted octanol–water partition coefficient (Wildman–Crippen LogP) is 0.910. The van der Waals surface area contributed by atoms with Gasteiger partial charge in [0.1, 0.15) is 11.5 Å². The number of nitrogens with one attached hydrogen (secondary N) is 2. The van der Waals surface area contributed by atoms with E-state index in [2.05, 4.69) is 25.6 Å². The Hall–Kier alpha value is -2.74. The summed E-state index contributed by atoms with van der Waals surface area (Å²) < 4.78 is 3.88. The number of hydrogen-bond acceptors (Lipinski definition) is 5. The van der Waals surface area contributed by atoms with Crippen LogP contribution in [0.2, 0.25) is 0 Å². The molecule has 0 radical (unpaired) electrons. The Kier molecular flexibility index (Phi) is 3.73. The second-order valence-electron chi connectivity index (χ2n) is 5.84. The lowest BCUT2D eigenvalue weighted by Crippen LogP contribution is -2.28. The molecule has 3 aromatic rings. The van der Waals surface area contributed by atoms with E-state index in [-0.39, 0.29) is 11.9 Å². The first-order valence-electron chi connectivity index (χ1n) is 8.12. The van der Waals surface area contributed by atoms with Crippen molar-refractivity contribution in [3.8, 4) is 0 Å². The SMILES string of the molecule is CCC(NC(=O)c1cn2c(n1)CNCC2)c1cn2cccnc2n1. The van der Waals surface area contributed by atoms with Crippen LogP contribution in [-0.2, 0) is 13.1 Å². The first kappa shape index (κ1) is 14.8. The van der Waals surface area contributed by atoms with E-state index in [1.165, 1.54) is 0 Å². The van der Waals surface area contributed by atoms with Crippen LogP contribution in [0.5, 0.6) is 0 Å². The van der Waals surface area contributed by atoms with E-state index in [0.29, 0.717) is 18.0 Å². The van der Waals surface area contributed by atoms with Crippen LogP contribution in [0.25, 0.3) is 5.78 Å². The number of carbonyl (C=O) groups excluding carboxylic acids is 1. The number of hydrogen-bond donors (Lipinski definition) is 2. The van der Waals surface area contributed by atoms with Gasteiger partial charge in [0.25, 0.3) is 5.91 Å². The van der Waals surface area contributed by atoms with Crippen molar-refractivity contribution >= 4 is 11.7 Å². The Labute approximate surface area is 138 Å². The van der Waals surface area contributed by atoms with Gasteiger partial charge in [0.15, 0.2) is 0 Å². The van der Waals surface area contributed by atoms with Crippen molar-refractivity contribution in [2.24, 2.45) is 0 Å². The first-order valence-corrected chi connectivity index (χ1v) is 8.12. The minimum Gasteiger partial charge on any atom is -0.342 e. The van der Waals surface area contributed by atoms with Crippen molar-refractivity contribution in [1.82, 2.24) is 34.6 Å². The average molecular weight is 325 g/mol. The minimum absolute atomic E-state index is 0.170. The maximum atomic E-state index is 12.6. The Morgan fingerprint density at radius 2 is 2.33 bits per heavy atom. The largest absolute Gasteiger partial charge is 0.342 e. The van der Waals surface area contributed by atoms with E-state index in [0.717, 1.165) is 31.0 Å². The molecule has 8 nitrogen and oxygen atoms in total. The number of amides is 1. The predicted molar refractivity (Wildman–Crippen MR) is 87.4 cm³/mol. The molecule has 124 valence electrons. The van der Waals surface area contributed by atoms with Crippen molar-refractivity contribution in [2.75, 3.05) is 6.54 Å². The lowest BCUT2D eigenvalue weighted by molar-refractivity contribution is 0.0930. The Morgan fingerprint density at radius 3 is 3.12 bits per heavy atom. The number of carbonyl (C=O) groups is 1. The van der Waals surface area contributed by atoms with Crippen molar-refractivity contribution in [1.29, 1.82) is 0 Å². The summed E-state index contributed by atoms with van der Waals surface area (Å²) in [5.41, 5.74) is 1.25. The summed E-state index contributed by atoms with van der Waals surface area (Å²) in [6.07, 6.45) is 8.06. The van der Waals surface area contributed by atoms with Gasteiger partial charge in [-0.25, -0.2) is 15.0 Å². The highest BCUT2D eigenvalue weighted by Gasteiger charge is 2.21. The molecule has 2 N–H and O–H groups in total. The van der Waals surface area contributed by atoms with Crippen LogP contribution in [0, 0.1) is 0 Å². The lowest BCUT2D eigenvalue weighted by Gasteiger charge is -2.13. The van der Waals surface area contributed by atoms with Gasteiger partial charge in [-0.05, 0) is 12.5 Å². The number of imidazole rings is 2. The second-order valence-corrected chi connectivity index (χ2v) is 5.84. The fourth-order valence-electron chi connectivity index (χ4n) is 2.93. The molecular formula is C16H19N7O. The van der Waals surface area contributed by atoms with Crippen molar-refractivity contribution in [3.63, 3.8) is 0 Å². The van der Waals surface area contributed by atoms with Crippen molar-refractivity contribution in [3.05, 3.63) is 48.1 Å². The summed E-state index contributed by atoms with van der Waals surface area (Å²) in [7, 11) is 0. The molecule has 1 atom stereocenters. The van der Waals surface area contributed by atoms with Gasteiger partial charge in [-0.1, -0.05) is 6.92 Å². The highest BCUT2D eigenvalue weighted by Crippen LogP contribution is 2.17. The van der Waals surface area contributed by atoms with E-state index < -0.39 is 0 Å². The van der Waals surface area contributed by atoms with E-state index in [1.807, 2.05) is 40.5 Å². The Bertz CT molecular complexity index is 825. The van der Waals surface area contributed by atoms with Crippen LogP contribution >= 0.6 is 0 Å². The standard InChI is InChI=1S/C16H19N7O/c1-2-11(12-9-23-6-3-4-18-16(23)21-12)20-15(24)13-10-22-7-5-17-8-14(22)19-13/h3-4,6,9-11,17H,2,5,7-8H2,1H3,(H,20,24). The molecule has 0 spiro atoms. The number of nitrogens with zero attached hydrogens (tertiary/aromatic N) is 5. The van der Waals surface area contributed by atoms with Gasteiger partial charge >= 0.3 is 0 Å². The number of rotatable bonds is 4. The molecule has 0 aromatic carbocycles. The van der Waals surface area contributed by atoms with Crippen molar-refractivity contribution in [2.45, 2.75) is 32.5 Å². The molecule has 24 heavy (non-hydrogen) atoms. The topological polar surface area (TPSA) is 89.1 Å². The Balaban J connectivity index is 1.55. The molecule has 0 bridgehead atoms. The fourth-order valence-corrected chi connectivity index (χ4v) is 2.93. The zero-order valence-electron chi connectivity index (χ0n) is 13.4. The van der Waals surface area contributed by atoms with Gasteiger partial charge in [0.05, 0.1) is 18.3 Å². The minimum atomic E-state index is -0.172. The monoisotopic (exact) mass is 325 g/mol. The second kappa shape index (κ2) is 6.04. The summed E-state index contributed by atoms with van der Waals surface area (Å²) in [5, 5.41) is 6.28. The molecule has 3 aromatic heterocycles. The van der Waals surface area contributed by atoms with E-state index in [9.17, 15) is 4.79 Å². The molecule has 1 aliphatic rings. The molecule has 1 aliphatic heterocycles. The highest BCUT2D eigenvalue weighted by atomic mass is 16.2. The molecule has 8 heteroatoms. The molecule has 0 saturated carbocycles. The van der Waals surface area contributed by atoms with Gasteiger partial charge in [-0.2, -0.15) is 0 Å². The molecule has 4 rings (SSSR count). The molecule has 1 unspecified atom stereocenters.